The van der Waals surface area contributed by atoms with Crippen molar-refractivity contribution in [2.75, 3.05) is 13.1 Å². The van der Waals surface area contributed by atoms with Crippen molar-refractivity contribution in [2.45, 2.75) is 62.8 Å². The van der Waals surface area contributed by atoms with Crippen molar-refractivity contribution in [3.8, 4) is 0 Å². The van der Waals surface area contributed by atoms with Gasteiger partial charge in [-0.3, -0.25) is 0 Å². The van der Waals surface area contributed by atoms with E-state index >= 15 is 0 Å². The lowest BCUT2D eigenvalue weighted by atomic mass is 10.0. The molecule has 0 aromatic rings. The highest BCUT2D eigenvalue weighted by Crippen LogP contribution is 2.35. The molecule has 3 heterocycles. The first kappa shape index (κ1) is 12.2. The van der Waals surface area contributed by atoms with Crippen molar-refractivity contribution in [3.63, 3.8) is 0 Å². The summed E-state index contributed by atoms with van der Waals surface area (Å²) in [5.41, 5.74) is 0. The normalized spacial score (nSPS) is 39.7. The van der Waals surface area contributed by atoms with E-state index in [0.717, 1.165) is 51.6 Å². The number of hydrogen-bond donors (Lipinski definition) is 3. The molecule has 5 nitrogen and oxygen atoms in total. The fourth-order valence-corrected chi connectivity index (χ4v) is 3.70. The molecule has 3 saturated heterocycles. The predicted octanol–water partition coefficient (Wildman–Crippen LogP) is 0.436. The zero-order valence-electron chi connectivity index (χ0n) is 10.8. The van der Waals surface area contributed by atoms with Crippen molar-refractivity contribution in [3.05, 3.63) is 0 Å². The van der Waals surface area contributed by atoms with Crippen molar-refractivity contribution in [2.24, 2.45) is 0 Å². The van der Waals surface area contributed by atoms with Crippen LogP contribution >= 0.6 is 0 Å². The van der Waals surface area contributed by atoms with Crippen LogP contribution in [0.3, 0.4) is 0 Å². The van der Waals surface area contributed by atoms with Crippen LogP contribution < -0.4 is 10.6 Å². The van der Waals surface area contributed by atoms with E-state index in [1.54, 1.807) is 0 Å². The number of amides is 2. The average molecular weight is 253 g/mol. The Morgan fingerprint density at radius 2 is 1.94 bits per heavy atom. The predicted molar refractivity (Wildman–Crippen MR) is 68.3 cm³/mol. The highest BCUT2D eigenvalue weighted by atomic mass is 16.3. The molecule has 0 spiro atoms. The largest absolute Gasteiger partial charge is 0.393 e. The van der Waals surface area contributed by atoms with Gasteiger partial charge in [0.05, 0.1) is 6.10 Å². The first-order chi connectivity index (χ1) is 8.74. The average Bonchev–Trinajstić information content (AvgIpc) is 2.63. The van der Waals surface area contributed by atoms with Crippen LogP contribution in [0.2, 0.25) is 0 Å². The summed E-state index contributed by atoms with van der Waals surface area (Å²) in [6.07, 6.45) is 5.62. The number of carbonyl (C=O) groups is 1. The number of rotatable bonds is 1. The summed E-state index contributed by atoms with van der Waals surface area (Å²) < 4.78 is 0. The molecule has 0 radical (unpaired) electrons. The van der Waals surface area contributed by atoms with Gasteiger partial charge in [-0.15, -0.1) is 0 Å². The Labute approximate surface area is 108 Å². The second kappa shape index (κ2) is 5.05. The zero-order chi connectivity index (χ0) is 12.5. The molecule has 3 aliphatic heterocycles. The number of nitrogens with zero attached hydrogens (tertiary/aromatic N) is 1. The molecule has 2 amide bonds. The SMILES string of the molecule is O=C(N[C@H]1CCCNC1)N1[C@H]2CC[C@H]1CC(O)C2. The molecule has 0 aromatic heterocycles. The molecule has 2 bridgehead atoms. The standard InChI is InChI=1S/C13H23N3O2/c17-12-6-10-3-4-11(7-12)16(10)13(18)15-9-2-1-5-14-8-9/h9-12,14,17H,1-8H2,(H,15,18)/t9-,10-,11-/m0/s1. The number of urea groups is 1. The van der Waals surface area contributed by atoms with Gasteiger partial charge in [0.15, 0.2) is 0 Å². The maximum absolute atomic E-state index is 12.3. The third kappa shape index (κ3) is 2.34. The molecular weight excluding hydrogens is 230 g/mol. The third-order valence-electron chi connectivity index (χ3n) is 4.57. The van der Waals surface area contributed by atoms with E-state index in [9.17, 15) is 9.90 Å². The second-order valence-corrected chi connectivity index (χ2v) is 5.91. The van der Waals surface area contributed by atoms with Crippen molar-refractivity contribution >= 4 is 6.03 Å². The highest BCUT2D eigenvalue weighted by molar-refractivity contribution is 5.76. The minimum absolute atomic E-state index is 0.0862. The number of aliphatic hydroxyl groups is 1. The number of fused-ring (bicyclic) bond motifs is 2. The Hall–Kier alpha value is -0.810. The zero-order valence-corrected chi connectivity index (χ0v) is 10.8. The molecule has 18 heavy (non-hydrogen) atoms. The van der Waals surface area contributed by atoms with E-state index in [1.165, 1.54) is 0 Å². The topological polar surface area (TPSA) is 64.6 Å². The fourth-order valence-electron chi connectivity index (χ4n) is 3.70. The van der Waals surface area contributed by atoms with Crippen molar-refractivity contribution in [1.82, 2.24) is 15.5 Å². The number of carbonyl (C=O) groups excluding carboxylic acids is 1. The van der Waals surface area contributed by atoms with Crippen LogP contribution in [-0.4, -0.2) is 53.4 Å². The Bertz CT molecular complexity index is 303. The molecule has 3 aliphatic rings. The molecule has 3 atom stereocenters. The summed E-state index contributed by atoms with van der Waals surface area (Å²) in [5, 5.41) is 16.2. The van der Waals surface area contributed by atoms with Crippen LogP contribution in [0.15, 0.2) is 0 Å². The summed E-state index contributed by atoms with van der Waals surface area (Å²) in [7, 11) is 0. The van der Waals surface area contributed by atoms with Gasteiger partial charge in [0.2, 0.25) is 0 Å². The summed E-state index contributed by atoms with van der Waals surface area (Å²) in [5.74, 6) is 0. The summed E-state index contributed by atoms with van der Waals surface area (Å²) in [6.45, 7) is 1.95. The van der Waals surface area contributed by atoms with Crippen molar-refractivity contribution < 1.29 is 9.90 Å². The van der Waals surface area contributed by atoms with Gasteiger partial charge in [-0.25, -0.2) is 4.79 Å². The van der Waals surface area contributed by atoms with Gasteiger partial charge in [-0.1, -0.05) is 0 Å². The number of nitrogens with one attached hydrogen (secondary N) is 2. The number of hydrogen-bond acceptors (Lipinski definition) is 3. The molecule has 3 N–H and O–H groups in total. The van der Waals surface area contributed by atoms with Gasteiger partial charge < -0.3 is 20.6 Å². The summed E-state index contributed by atoms with van der Waals surface area (Å²) in [4.78, 5) is 14.3. The first-order valence-electron chi connectivity index (χ1n) is 7.21. The minimum atomic E-state index is -0.206. The first-order valence-corrected chi connectivity index (χ1v) is 7.21. The molecule has 0 aliphatic carbocycles. The van der Waals surface area contributed by atoms with Gasteiger partial charge in [0, 0.05) is 24.7 Å². The van der Waals surface area contributed by atoms with Gasteiger partial charge >= 0.3 is 6.03 Å². The maximum atomic E-state index is 12.3. The molecular formula is C13H23N3O2. The minimum Gasteiger partial charge on any atom is -0.393 e. The van der Waals surface area contributed by atoms with Crippen LogP contribution in [0.4, 0.5) is 4.79 Å². The van der Waals surface area contributed by atoms with E-state index in [2.05, 4.69) is 10.6 Å². The Morgan fingerprint density at radius 3 is 2.56 bits per heavy atom. The van der Waals surface area contributed by atoms with Crippen LogP contribution in [0.5, 0.6) is 0 Å². The molecule has 5 heteroatoms. The van der Waals surface area contributed by atoms with Crippen LogP contribution in [0.1, 0.15) is 38.5 Å². The lowest BCUT2D eigenvalue weighted by molar-refractivity contribution is 0.0532. The fraction of sp³-hybridized carbons (Fsp3) is 0.923. The third-order valence-corrected chi connectivity index (χ3v) is 4.57. The van der Waals surface area contributed by atoms with Gasteiger partial charge in [-0.05, 0) is 45.1 Å². The summed E-state index contributed by atoms with van der Waals surface area (Å²) in [6, 6.07) is 0.881. The van der Waals surface area contributed by atoms with E-state index in [1.807, 2.05) is 4.90 Å². The Balaban J connectivity index is 1.59. The Kier molecular flexibility index (Phi) is 3.43. The molecule has 3 rings (SSSR count). The van der Waals surface area contributed by atoms with Crippen LogP contribution in [0, 0.1) is 0 Å². The van der Waals surface area contributed by atoms with Crippen LogP contribution in [0.25, 0.3) is 0 Å². The van der Waals surface area contributed by atoms with Gasteiger partial charge in [-0.2, -0.15) is 0 Å². The van der Waals surface area contributed by atoms with Gasteiger partial charge in [0.25, 0.3) is 0 Å². The monoisotopic (exact) mass is 253 g/mol. The maximum Gasteiger partial charge on any atom is 0.318 e. The highest BCUT2D eigenvalue weighted by Gasteiger charge is 2.43. The van der Waals surface area contributed by atoms with E-state index in [4.69, 9.17) is 0 Å². The summed E-state index contributed by atoms with van der Waals surface area (Å²) >= 11 is 0. The molecule has 0 saturated carbocycles. The molecule has 0 aromatic carbocycles. The van der Waals surface area contributed by atoms with E-state index in [-0.39, 0.29) is 30.3 Å². The molecule has 3 fully saturated rings. The van der Waals surface area contributed by atoms with Crippen molar-refractivity contribution in [1.29, 1.82) is 0 Å². The quantitative estimate of drug-likeness (QED) is 0.635. The lowest BCUT2D eigenvalue weighted by Gasteiger charge is -2.38. The second-order valence-electron chi connectivity index (χ2n) is 5.91. The van der Waals surface area contributed by atoms with E-state index < -0.39 is 0 Å². The van der Waals surface area contributed by atoms with E-state index in [0.29, 0.717) is 0 Å². The Morgan fingerprint density at radius 1 is 1.22 bits per heavy atom. The van der Waals surface area contributed by atoms with Crippen LogP contribution in [-0.2, 0) is 0 Å². The molecule has 0 unspecified atom stereocenters. The lowest BCUT2D eigenvalue weighted by Crippen LogP contribution is -2.56. The number of aliphatic hydroxyl groups excluding tert-OH is 1. The molecule has 102 valence electrons. The smallest absolute Gasteiger partial charge is 0.318 e. The van der Waals surface area contributed by atoms with Gasteiger partial charge in [0.1, 0.15) is 0 Å². The number of piperidine rings is 2.